The minimum Gasteiger partial charge on any atom is -0.380 e. The first kappa shape index (κ1) is 18.6. The van der Waals surface area contributed by atoms with Crippen LogP contribution < -0.4 is 10.8 Å². The van der Waals surface area contributed by atoms with Crippen LogP contribution in [0, 0.1) is 0 Å². The number of anilines is 1. The van der Waals surface area contributed by atoms with Crippen LogP contribution in [-0.4, -0.2) is 17.5 Å². The molecule has 1 heterocycles. The fraction of sp³-hybridized carbons (Fsp3) is 0.182. The van der Waals surface area contributed by atoms with Gasteiger partial charge in [0, 0.05) is 24.6 Å². The zero-order chi connectivity index (χ0) is 18.7. The van der Waals surface area contributed by atoms with Crippen LogP contribution in [-0.2, 0) is 17.8 Å². The van der Waals surface area contributed by atoms with Gasteiger partial charge in [-0.15, -0.1) is 0 Å². The van der Waals surface area contributed by atoms with Crippen molar-refractivity contribution in [1.29, 1.82) is 0 Å². The number of rotatable bonds is 9. The standard InChI is InChI=1S/C22H23N3O2/c26-22(25-27-16-6-9-18-7-2-1-3-8-18)20-10-4-5-11-21(20)24-17-19-12-14-23-15-13-19/h1-5,7-8,10-15,24H,6,9,16-17H2,(H,25,26). The minimum absolute atomic E-state index is 0.257. The van der Waals surface area contributed by atoms with Crippen molar-refractivity contribution in [2.24, 2.45) is 0 Å². The van der Waals surface area contributed by atoms with Crippen LogP contribution in [0.15, 0.2) is 79.1 Å². The molecule has 1 amide bonds. The highest BCUT2D eigenvalue weighted by atomic mass is 16.6. The van der Waals surface area contributed by atoms with E-state index in [2.05, 4.69) is 27.9 Å². The molecule has 5 nitrogen and oxygen atoms in total. The zero-order valence-corrected chi connectivity index (χ0v) is 15.1. The Kier molecular flexibility index (Phi) is 6.95. The number of amides is 1. The number of nitrogens with zero attached hydrogens (tertiary/aromatic N) is 1. The Morgan fingerprint density at radius 2 is 1.63 bits per heavy atom. The smallest absolute Gasteiger partial charge is 0.276 e. The second-order valence-electron chi connectivity index (χ2n) is 6.12. The van der Waals surface area contributed by atoms with E-state index in [9.17, 15) is 4.79 Å². The maximum atomic E-state index is 12.4. The lowest BCUT2D eigenvalue weighted by atomic mass is 10.1. The van der Waals surface area contributed by atoms with Crippen molar-refractivity contribution in [2.75, 3.05) is 11.9 Å². The van der Waals surface area contributed by atoms with E-state index in [1.807, 2.05) is 48.5 Å². The number of para-hydroxylation sites is 1. The van der Waals surface area contributed by atoms with Crippen LogP contribution in [0.4, 0.5) is 5.69 Å². The molecule has 0 spiro atoms. The average Bonchev–Trinajstić information content (AvgIpc) is 2.73. The van der Waals surface area contributed by atoms with Crippen molar-refractivity contribution in [3.8, 4) is 0 Å². The van der Waals surface area contributed by atoms with Crippen molar-refractivity contribution in [2.45, 2.75) is 19.4 Å². The van der Waals surface area contributed by atoms with Crippen molar-refractivity contribution < 1.29 is 9.63 Å². The maximum Gasteiger partial charge on any atom is 0.276 e. The SMILES string of the molecule is O=C(NOCCCc1ccccc1)c1ccccc1NCc1ccncc1. The summed E-state index contributed by atoms with van der Waals surface area (Å²) in [5.41, 5.74) is 6.21. The molecule has 0 saturated carbocycles. The summed E-state index contributed by atoms with van der Waals surface area (Å²) in [5.74, 6) is -0.257. The summed E-state index contributed by atoms with van der Waals surface area (Å²) in [6, 6.07) is 21.5. The lowest BCUT2D eigenvalue weighted by Crippen LogP contribution is -2.25. The van der Waals surface area contributed by atoms with Gasteiger partial charge in [0.1, 0.15) is 0 Å². The molecular formula is C22H23N3O2. The van der Waals surface area contributed by atoms with Crippen LogP contribution in [0.2, 0.25) is 0 Å². The molecule has 0 saturated heterocycles. The predicted molar refractivity (Wildman–Crippen MR) is 106 cm³/mol. The molecule has 0 radical (unpaired) electrons. The number of aromatic nitrogens is 1. The lowest BCUT2D eigenvalue weighted by molar-refractivity contribution is 0.0305. The molecule has 138 valence electrons. The number of pyridine rings is 1. The van der Waals surface area contributed by atoms with Crippen LogP contribution in [0.3, 0.4) is 0 Å². The first-order valence-corrected chi connectivity index (χ1v) is 9.01. The highest BCUT2D eigenvalue weighted by Gasteiger charge is 2.10. The second kappa shape index (κ2) is 10.1. The molecule has 1 aromatic heterocycles. The van der Waals surface area contributed by atoms with Crippen molar-refractivity contribution in [3.05, 3.63) is 95.8 Å². The lowest BCUT2D eigenvalue weighted by Gasteiger charge is -2.12. The number of hydroxylamine groups is 1. The molecule has 3 rings (SSSR count). The fourth-order valence-corrected chi connectivity index (χ4v) is 2.70. The van der Waals surface area contributed by atoms with Gasteiger partial charge in [0.05, 0.1) is 12.2 Å². The molecule has 0 aliphatic rings. The third kappa shape index (κ3) is 5.94. The molecule has 2 aromatic carbocycles. The van der Waals surface area contributed by atoms with Gasteiger partial charge in [0.15, 0.2) is 0 Å². The molecule has 0 bridgehead atoms. The summed E-state index contributed by atoms with van der Waals surface area (Å²) >= 11 is 0. The molecule has 0 fully saturated rings. The average molecular weight is 361 g/mol. The van der Waals surface area contributed by atoms with Gasteiger partial charge in [-0.3, -0.25) is 14.6 Å². The number of carbonyl (C=O) groups excluding carboxylic acids is 1. The van der Waals surface area contributed by atoms with Crippen LogP contribution >= 0.6 is 0 Å². The number of hydrogen-bond acceptors (Lipinski definition) is 4. The Bertz CT molecular complexity index is 838. The monoisotopic (exact) mass is 361 g/mol. The number of nitrogens with one attached hydrogen (secondary N) is 2. The van der Waals surface area contributed by atoms with E-state index in [0.29, 0.717) is 18.7 Å². The Hall–Kier alpha value is -3.18. The summed E-state index contributed by atoms with van der Waals surface area (Å²) in [5, 5.41) is 3.29. The Balaban J connectivity index is 1.46. The molecule has 0 aliphatic carbocycles. The molecule has 2 N–H and O–H groups in total. The van der Waals surface area contributed by atoms with Gasteiger partial charge in [-0.25, -0.2) is 5.48 Å². The molecule has 3 aromatic rings. The summed E-state index contributed by atoms with van der Waals surface area (Å²) in [6.07, 6.45) is 5.25. The quantitative estimate of drug-likeness (QED) is 0.447. The summed E-state index contributed by atoms with van der Waals surface area (Å²) < 4.78 is 0. The Morgan fingerprint density at radius 3 is 2.44 bits per heavy atom. The first-order chi connectivity index (χ1) is 13.3. The summed E-state index contributed by atoms with van der Waals surface area (Å²) in [4.78, 5) is 21.8. The largest absolute Gasteiger partial charge is 0.380 e. The molecular weight excluding hydrogens is 338 g/mol. The molecule has 0 atom stereocenters. The van der Waals surface area contributed by atoms with E-state index in [1.165, 1.54) is 5.56 Å². The summed E-state index contributed by atoms with van der Waals surface area (Å²) in [7, 11) is 0. The van der Waals surface area contributed by atoms with E-state index in [0.717, 1.165) is 24.1 Å². The van der Waals surface area contributed by atoms with Gasteiger partial charge in [0.2, 0.25) is 0 Å². The van der Waals surface area contributed by atoms with Crippen LogP contribution in [0.25, 0.3) is 0 Å². The fourth-order valence-electron chi connectivity index (χ4n) is 2.70. The van der Waals surface area contributed by atoms with E-state index in [-0.39, 0.29) is 5.91 Å². The molecule has 0 unspecified atom stereocenters. The maximum absolute atomic E-state index is 12.4. The third-order valence-corrected chi connectivity index (χ3v) is 4.12. The predicted octanol–water partition coefficient (Wildman–Crippen LogP) is 3.99. The van der Waals surface area contributed by atoms with Crippen LogP contribution in [0.5, 0.6) is 0 Å². The van der Waals surface area contributed by atoms with Crippen molar-refractivity contribution in [1.82, 2.24) is 10.5 Å². The van der Waals surface area contributed by atoms with E-state index in [1.54, 1.807) is 18.5 Å². The van der Waals surface area contributed by atoms with E-state index < -0.39 is 0 Å². The van der Waals surface area contributed by atoms with Crippen LogP contribution in [0.1, 0.15) is 27.9 Å². The zero-order valence-electron chi connectivity index (χ0n) is 15.1. The van der Waals surface area contributed by atoms with Gasteiger partial charge < -0.3 is 5.32 Å². The Labute approximate surface area is 159 Å². The van der Waals surface area contributed by atoms with Gasteiger partial charge in [-0.2, -0.15) is 0 Å². The highest BCUT2D eigenvalue weighted by molar-refractivity contribution is 5.98. The van der Waals surface area contributed by atoms with Gasteiger partial charge in [-0.05, 0) is 48.2 Å². The summed E-state index contributed by atoms with van der Waals surface area (Å²) in [6.45, 7) is 1.08. The second-order valence-corrected chi connectivity index (χ2v) is 6.12. The van der Waals surface area contributed by atoms with Crippen molar-refractivity contribution >= 4 is 11.6 Å². The van der Waals surface area contributed by atoms with Crippen molar-refractivity contribution in [3.63, 3.8) is 0 Å². The van der Waals surface area contributed by atoms with Gasteiger partial charge in [-0.1, -0.05) is 42.5 Å². The highest BCUT2D eigenvalue weighted by Crippen LogP contribution is 2.16. The van der Waals surface area contributed by atoms with E-state index in [4.69, 9.17) is 4.84 Å². The molecule has 0 aliphatic heterocycles. The minimum atomic E-state index is -0.257. The topological polar surface area (TPSA) is 63.2 Å². The first-order valence-electron chi connectivity index (χ1n) is 9.01. The van der Waals surface area contributed by atoms with Gasteiger partial charge in [0.25, 0.3) is 5.91 Å². The Morgan fingerprint density at radius 1 is 0.889 bits per heavy atom. The third-order valence-electron chi connectivity index (χ3n) is 4.12. The number of carbonyl (C=O) groups is 1. The van der Waals surface area contributed by atoms with Gasteiger partial charge >= 0.3 is 0 Å². The number of benzene rings is 2. The van der Waals surface area contributed by atoms with E-state index >= 15 is 0 Å². The molecule has 5 heteroatoms. The number of aryl methyl sites for hydroxylation is 1. The molecule has 27 heavy (non-hydrogen) atoms. The normalized spacial score (nSPS) is 10.4. The number of hydrogen-bond donors (Lipinski definition) is 2.